The van der Waals surface area contributed by atoms with Crippen LogP contribution in [0, 0.1) is 0 Å². The van der Waals surface area contributed by atoms with Crippen LogP contribution in [0.15, 0.2) is 48.5 Å². The quantitative estimate of drug-likeness (QED) is 0.585. The Bertz CT molecular complexity index is 704. The summed E-state index contributed by atoms with van der Waals surface area (Å²) in [4.78, 5) is 12.1. The van der Waals surface area contributed by atoms with Gasteiger partial charge in [0.2, 0.25) is 5.91 Å². The molecule has 0 fully saturated rings. The van der Waals surface area contributed by atoms with Gasteiger partial charge in [0.1, 0.15) is 18.1 Å². The molecule has 0 radical (unpaired) electrons. The first-order valence-corrected chi connectivity index (χ1v) is 9.13. The van der Waals surface area contributed by atoms with Gasteiger partial charge in [0, 0.05) is 24.6 Å². The summed E-state index contributed by atoms with van der Waals surface area (Å²) >= 11 is 0. The molecular formula is C21H28N2O4. The molecular weight excluding hydrogens is 344 g/mol. The van der Waals surface area contributed by atoms with Crippen molar-refractivity contribution in [3.8, 4) is 11.5 Å². The van der Waals surface area contributed by atoms with Crippen LogP contribution in [0.5, 0.6) is 11.5 Å². The third-order valence-corrected chi connectivity index (χ3v) is 3.89. The van der Waals surface area contributed by atoms with E-state index in [0.29, 0.717) is 13.2 Å². The van der Waals surface area contributed by atoms with Gasteiger partial charge in [0.05, 0.1) is 19.3 Å². The summed E-state index contributed by atoms with van der Waals surface area (Å²) in [6, 6.07) is 14.9. The van der Waals surface area contributed by atoms with Gasteiger partial charge < -0.3 is 24.8 Å². The van der Waals surface area contributed by atoms with E-state index in [0.717, 1.165) is 29.3 Å². The molecule has 6 nitrogen and oxygen atoms in total. The van der Waals surface area contributed by atoms with E-state index in [4.69, 9.17) is 14.2 Å². The Labute approximate surface area is 160 Å². The zero-order valence-electron chi connectivity index (χ0n) is 16.2. The maximum absolute atomic E-state index is 12.1. The largest absolute Gasteiger partial charge is 0.491 e. The second-order valence-corrected chi connectivity index (χ2v) is 6.13. The normalized spacial score (nSPS) is 11.5. The summed E-state index contributed by atoms with van der Waals surface area (Å²) in [6.07, 6.45) is 1.12. The van der Waals surface area contributed by atoms with Gasteiger partial charge in [-0.1, -0.05) is 13.0 Å². The highest BCUT2D eigenvalue weighted by Crippen LogP contribution is 2.19. The Morgan fingerprint density at radius 3 is 2.52 bits per heavy atom. The molecule has 1 atom stereocenters. The van der Waals surface area contributed by atoms with Crippen molar-refractivity contribution in [1.29, 1.82) is 0 Å². The molecule has 0 saturated heterocycles. The van der Waals surface area contributed by atoms with Crippen molar-refractivity contribution in [2.24, 2.45) is 0 Å². The van der Waals surface area contributed by atoms with E-state index >= 15 is 0 Å². The highest BCUT2D eigenvalue weighted by molar-refractivity contribution is 5.93. The molecule has 0 saturated carbocycles. The number of rotatable bonds is 11. The number of hydrogen-bond acceptors (Lipinski definition) is 5. The van der Waals surface area contributed by atoms with Crippen molar-refractivity contribution in [3.05, 3.63) is 48.5 Å². The molecule has 2 N–H and O–H groups in total. The molecule has 2 aromatic carbocycles. The van der Waals surface area contributed by atoms with Crippen LogP contribution in [0.2, 0.25) is 0 Å². The molecule has 0 aliphatic heterocycles. The highest BCUT2D eigenvalue weighted by atomic mass is 16.5. The van der Waals surface area contributed by atoms with Crippen molar-refractivity contribution < 1.29 is 19.0 Å². The van der Waals surface area contributed by atoms with Crippen LogP contribution in [0.4, 0.5) is 11.4 Å². The van der Waals surface area contributed by atoms with Crippen LogP contribution in [0.1, 0.15) is 20.3 Å². The average Bonchev–Trinajstić information content (AvgIpc) is 2.68. The van der Waals surface area contributed by atoms with Crippen LogP contribution >= 0.6 is 0 Å². The van der Waals surface area contributed by atoms with E-state index in [1.807, 2.05) is 55.5 Å². The van der Waals surface area contributed by atoms with Gasteiger partial charge in [0.25, 0.3) is 0 Å². The van der Waals surface area contributed by atoms with E-state index < -0.39 is 0 Å². The van der Waals surface area contributed by atoms with Crippen molar-refractivity contribution in [3.63, 3.8) is 0 Å². The summed E-state index contributed by atoms with van der Waals surface area (Å²) in [5, 5.41) is 5.95. The van der Waals surface area contributed by atoms with Crippen LogP contribution < -0.4 is 20.1 Å². The number of anilines is 2. The molecule has 6 heteroatoms. The predicted octanol–water partition coefficient (Wildman–Crippen LogP) is 3.94. The first-order chi connectivity index (χ1) is 13.1. The Kier molecular flexibility index (Phi) is 8.45. The van der Waals surface area contributed by atoms with E-state index in [-0.39, 0.29) is 18.6 Å². The van der Waals surface area contributed by atoms with Crippen molar-refractivity contribution in [1.82, 2.24) is 0 Å². The fourth-order valence-corrected chi connectivity index (χ4v) is 2.26. The topological polar surface area (TPSA) is 68.8 Å². The molecule has 0 heterocycles. The standard InChI is InChI=1S/C21H28N2O4/c1-4-16(2)27-19-10-8-17(9-11-19)23-21(24)15-22-18-6-5-7-20(14-18)26-13-12-25-3/h5-11,14,16,22H,4,12-13,15H2,1-3H3,(H,23,24). The number of hydrogen-bond donors (Lipinski definition) is 2. The van der Waals surface area contributed by atoms with E-state index in [1.165, 1.54) is 0 Å². The summed E-state index contributed by atoms with van der Waals surface area (Å²) in [7, 11) is 1.63. The molecule has 0 aromatic heterocycles. The monoisotopic (exact) mass is 372 g/mol. The minimum absolute atomic E-state index is 0.128. The second kappa shape index (κ2) is 11.1. The predicted molar refractivity (Wildman–Crippen MR) is 108 cm³/mol. The number of amides is 1. The lowest BCUT2D eigenvalue weighted by Crippen LogP contribution is -2.21. The third-order valence-electron chi connectivity index (χ3n) is 3.89. The molecule has 146 valence electrons. The molecule has 1 unspecified atom stereocenters. The first kappa shape index (κ1) is 20.6. The summed E-state index contributed by atoms with van der Waals surface area (Å²) in [5.74, 6) is 1.40. The van der Waals surface area contributed by atoms with Crippen LogP contribution in [-0.2, 0) is 9.53 Å². The van der Waals surface area contributed by atoms with Gasteiger partial charge in [-0.15, -0.1) is 0 Å². The Balaban J connectivity index is 1.79. The average molecular weight is 372 g/mol. The molecule has 2 rings (SSSR count). The lowest BCUT2D eigenvalue weighted by atomic mass is 10.2. The lowest BCUT2D eigenvalue weighted by Gasteiger charge is -2.13. The van der Waals surface area contributed by atoms with E-state index in [9.17, 15) is 4.79 Å². The maximum Gasteiger partial charge on any atom is 0.243 e. The smallest absolute Gasteiger partial charge is 0.243 e. The van der Waals surface area contributed by atoms with Gasteiger partial charge in [-0.2, -0.15) is 0 Å². The third kappa shape index (κ3) is 7.58. The lowest BCUT2D eigenvalue weighted by molar-refractivity contribution is -0.114. The number of benzene rings is 2. The molecule has 0 spiro atoms. The van der Waals surface area contributed by atoms with Gasteiger partial charge >= 0.3 is 0 Å². The first-order valence-electron chi connectivity index (χ1n) is 9.13. The van der Waals surface area contributed by atoms with Crippen LogP contribution in [-0.4, -0.2) is 38.9 Å². The number of carbonyl (C=O) groups excluding carboxylic acids is 1. The SMILES string of the molecule is CCC(C)Oc1ccc(NC(=O)CNc2cccc(OCCOC)c2)cc1. The molecule has 2 aromatic rings. The Morgan fingerprint density at radius 1 is 1.04 bits per heavy atom. The summed E-state index contributed by atoms with van der Waals surface area (Å²) < 4.78 is 16.2. The fourth-order valence-electron chi connectivity index (χ4n) is 2.26. The molecule has 0 aliphatic rings. The van der Waals surface area contributed by atoms with Crippen molar-refractivity contribution in [2.45, 2.75) is 26.4 Å². The van der Waals surface area contributed by atoms with Crippen LogP contribution in [0.25, 0.3) is 0 Å². The molecule has 1 amide bonds. The number of carbonyl (C=O) groups is 1. The highest BCUT2D eigenvalue weighted by Gasteiger charge is 2.05. The number of methoxy groups -OCH3 is 1. The summed E-state index contributed by atoms with van der Waals surface area (Å²) in [6.45, 7) is 5.28. The molecule has 0 aliphatic carbocycles. The molecule has 27 heavy (non-hydrogen) atoms. The van der Waals surface area contributed by atoms with Crippen molar-refractivity contribution >= 4 is 17.3 Å². The second-order valence-electron chi connectivity index (χ2n) is 6.13. The Hall–Kier alpha value is -2.73. The Morgan fingerprint density at radius 2 is 1.81 bits per heavy atom. The van der Waals surface area contributed by atoms with E-state index in [1.54, 1.807) is 7.11 Å². The minimum atomic E-state index is -0.128. The van der Waals surface area contributed by atoms with Gasteiger partial charge in [-0.05, 0) is 49.7 Å². The van der Waals surface area contributed by atoms with E-state index in [2.05, 4.69) is 17.6 Å². The minimum Gasteiger partial charge on any atom is -0.491 e. The molecule has 0 bridgehead atoms. The van der Waals surface area contributed by atoms with Gasteiger partial charge in [-0.3, -0.25) is 4.79 Å². The van der Waals surface area contributed by atoms with Crippen molar-refractivity contribution in [2.75, 3.05) is 37.5 Å². The fraction of sp³-hybridized carbons (Fsp3) is 0.381. The van der Waals surface area contributed by atoms with Gasteiger partial charge in [0.15, 0.2) is 0 Å². The summed E-state index contributed by atoms with van der Waals surface area (Å²) in [5.41, 5.74) is 1.55. The zero-order valence-corrected chi connectivity index (χ0v) is 16.2. The number of ether oxygens (including phenoxy) is 3. The maximum atomic E-state index is 12.1. The van der Waals surface area contributed by atoms with Gasteiger partial charge in [-0.25, -0.2) is 0 Å². The zero-order chi connectivity index (χ0) is 19.5. The van der Waals surface area contributed by atoms with Crippen LogP contribution in [0.3, 0.4) is 0 Å². The number of nitrogens with one attached hydrogen (secondary N) is 2.